The van der Waals surface area contributed by atoms with E-state index in [9.17, 15) is 19.2 Å². The number of carbonyl (C=O) groups excluding carboxylic acids is 4. The van der Waals surface area contributed by atoms with E-state index in [0.717, 1.165) is 0 Å². The summed E-state index contributed by atoms with van der Waals surface area (Å²) >= 11 is 0. The van der Waals surface area contributed by atoms with Crippen molar-refractivity contribution in [1.29, 1.82) is 0 Å². The predicted molar refractivity (Wildman–Crippen MR) is 109 cm³/mol. The lowest BCUT2D eigenvalue weighted by molar-refractivity contribution is -0.166. The van der Waals surface area contributed by atoms with Gasteiger partial charge in [0.1, 0.15) is 11.4 Å². The van der Waals surface area contributed by atoms with Gasteiger partial charge in [0.05, 0.1) is 20.3 Å². The maximum absolute atomic E-state index is 13.6. The first kappa shape index (κ1) is 24.0. The topological polar surface area (TPSA) is 120 Å². The van der Waals surface area contributed by atoms with Crippen molar-refractivity contribution in [3.05, 3.63) is 29.3 Å². The average molecular weight is 436 g/mol. The third-order valence-corrected chi connectivity index (χ3v) is 4.43. The van der Waals surface area contributed by atoms with Gasteiger partial charge in [-0.2, -0.15) is 5.01 Å². The number of hydrogen-bond donors (Lipinski definition) is 1. The molecule has 2 rings (SSSR count). The van der Waals surface area contributed by atoms with Gasteiger partial charge in [-0.15, -0.1) is 0 Å². The lowest BCUT2D eigenvalue weighted by Gasteiger charge is -2.37. The lowest BCUT2D eigenvalue weighted by Crippen LogP contribution is -2.68. The molecule has 0 fully saturated rings. The van der Waals surface area contributed by atoms with E-state index < -0.39 is 35.1 Å². The molecule has 1 atom stereocenters. The van der Waals surface area contributed by atoms with E-state index in [1.165, 1.54) is 13.2 Å². The van der Waals surface area contributed by atoms with Crippen molar-refractivity contribution >= 4 is 23.9 Å². The third kappa shape index (κ3) is 4.89. The molecule has 1 aromatic carbocycles. The number of fused-ring (bicyclic) bond motifs is 1. The summed E-state index contributed by atoms with van der Waals surface area (Å²) in [4.78, 5) is 51.9. The number of esters is 1. The van der Waals surface area contributed by atoms with E-state index >= 15 is 0 Å². The van der Waals surface area contributed by atoms with Crippen molar-refractivity contribution in [2.75, 3.05) is 20.3 Å². The van der Waals surface area contributed by atoms with Gasteiger partial charge in [0.2, 0.25) is 11.3 Å². The highest BCUT2D eigenvalue weighted by atomic mass is 16.6. The molecule has 0 unspecified atom stereocenters. The van der Waals surface area contributed by atoms with Crippen LogP contribution in [0.25, 0.3) is 0 Å². The van der Waals surface area contributed by atoms with Crippen LogP contribution in [0, 0.1) is 0 Å². The van der Waals surface area contributed by atoms with Crippen LogP contribution in [-0.4, -0.2) is 60.4 Å². The Hall–Kier alpha value is -3.30. The Morgan fingerprint density at radius 2 is 1.77 bits per heavy atom. The number of rotatable bonds is 5. The summed E-state index contributed by atoms with van der Waals surface area (Å²) in [5.74, 6) is -1.26. The second kappa shape index (κ2) is 9.23. The number of carbonyl (C=O) groups is 4. The number of hydrazine groups is 1. The quantitative estimate of drug-likeness (QED) is 0.324. The number of nitrogens with zero attached hydrogens (tertiary/aromatic N) is 1. The average Bonchev–Trinajstić information content (AvgIpc) is 2.98. The van der Waals surface area contributed by atoms with E-state index in [4.69, 9.17) is 18.9 Å². The molecule has 1 aliphatic carbocycles. The number of amides is 2. The maximum Gasteiger partial charge on any atom is 0.430 e. The summed E-state index contributed by atoms with van der Waals surface area (Å²) in [6.45, 7) is 7.95. The van der Waals surface area contributed by atoms with E-state index in [2.05, 4.69) is 5.43 Å². The molecule has 0 radical (unpaired) electrons. The van der Waals surface area contributed by atoms with Gasteiger partial charge in [0, 0.05) is 12.0 Å². The van der Waals surface area contributed by atoms with Crippen LogP contribution in [0.1, 0.15) is 50.5 Å². The van der Waals surface area contributed by atoms with Gasteiger partial charge in [0.25, 0.3) is 0 Å². The molecule has 0 saturated carbocycles. The first-order valence-electron chi connectivity index (χ1n) is 9.85. The smallest absolute Gasteiger partial charge is 0.430 e. The summed E-state index contributed by atoms with van der Waals surface area (Å²) < 4.78 is 20.6. The number of Topliss-reactive ketones (excluding diaryl/α,β-unsaturated/α-hetero) is 1. The predicted octanol–water partition coefficient (Wildman–Crippen LogP) is 2.63. The van der Waals surface area contributed by atoms with E-state index in [-0.39, 0.29) is 25.2 Å². The maximum atomic E-state index is 13.6. The molecule has 31 heavy (non-hydrogen) atoms. The van der Waals surface area contributed by atoms with Crippen LogP contribution in [0.5, 0.6) is 5.75 Å². The van der Waals surface area contributed by atoms with Crippen LogP contribution in [0.15, 0.2) is 18.2 Å². The first-order valence-corrected chi connectivity index (χ1v) is 9.85. The van der Waals surface area contributed by atoms with E-state index in [0.29, 0.717) is 16.3 Å². The van der Waals surface area contributed by atoms with Crippen molar-refractivity contribution in [2.24, 2.45) is 0 Å². The van der Waals surface area contributed by atoms with Gasteiger partial charge in [-0.25, -0.2) is 19.8 Å². The van der Waals surface area contributed by atoms with Gasteiger partial charge >= 0.3 is 18.2 Å². The largest absolute Gasteiger partial charge is 0.497 e. The highest BCUT2D eigenvalue weighted by molar-refractivity contribution is 6.21. The Bertz CT molecular complexity index is 877. The summed E-state index contributed by atoms with van der Waals surface area (Å²) in [6, 6.07) is 4.65. The summed E-state index contributed by atoms with van der Waals surface area (Å²) in [5.41, 5.74) is -0.347. The fraction of sp³-hybridized carbons (Fsp3) is 0.524. The number of nitrogens with one attached hydrogen (secondary N) is 1. The standard InChI is InChI=1S/C21H28N2O8/c1-7-29-18(26)22-23(19(27)30-8-2)21(17(25)31-20(3,4)5)12-13-11-14(28-6)9-10-15(13)16(21)24/h9-11H,7-8,12H2,1-6H3,(H,22,26)/t21-/m1/s1. The Morgan fingerprint density at radius 1 is 1.13 bits per heavy atom. The van der Waals surface area contributed by atoms with E-state index in [1.807, 2.05) is 0 Å². The molecule has 1 aromatic rings. The molecule has 2 amide bonds. The summed E-state index contributed by atoms with van der Waals surface area (Å²) in [7, 11) is 1.47. The Kier molecular flexibility index (Phi) is 7.14. The second-order valence-electron chi connectivity index (χ2n) is 7.76. The number of ketones is 1. The molecule has 1 N–H and O–H groups in total. The third-order valence-electron chi connectivity index (χ3n) is 4.43. The SMILES string of the molecule is CCOC(=O)NN(C(=O)OCC)[C@]1(C(=O)OC(C)(C)C)Cc2cc(OC)ccc2C1=O. The Labute approximate surface area is 180 Å². The number of ether oxygens (including phenoxy) is 4. The molecule has 0 bridgehead atoms. The molecule has 0 spiro atoms. The Morgan fingerprint density at radius 3 is 2.32 bits per heavy atom. The van der Waals surface area contributed by atoms with Crippen LogP contribution < -0.4 is 10.2 Å². The van der Waals surface area contributed by atoms with Crippen LogP contribution >= 0.6 is 0 Å². The van der Waals surface area contributed by atoms with E-state index in [1.54, 1.807) is 46.8 Å². The van der Waals surface area contributed by atoms with Crippen molar-refractivity contribution in [2.45, 2.75) is 52.2 Å². The minimum absolute atomic E-state index is 0.00725. The monoisotopic (exact) mass is 436 g/mol. The zero-order valence-electron chi connectivity index (χ0n) is 18.6. The molecule has 10 nitrogen and oxygen atoms in total. The summed E-state index contributed by atoms with van der Waals surface area (Å²) in [5, 5.41) is 0.567. The fourth-order valence-electron chi connectivity index (χ4n) is 3.18. The zero-order chi connectivity index (χ0) is 23.4. The molecule has 0 aliphatic heterocycles. The zero-order valence-corrected chi connectivity index (χ0v) is 18.6. The molecule has 170 valence electrons. The molecular weight excluding hydrogens is 408 g/mol. The lowest BCUT2D eigenvalue weighted by atomic mass is 9.93. The number of hydrogen-bond acceptors (Lipinski definition) is 8. The van der Waals surface area contributed by atoms with Crippen molar-refractivity contribution in [1.82, 2.24) is 10.4 Å². The first-order chi connectivity index (χ1) is 14.5. The molecule has 0 saturated heterocycles. The van der Waals surface area contributed by atoms with Gasteiger partial charge in [0.15, 0.2) is 0 Å². The minimum atomic E-state index is -2.22. The number of benzene rings is 1. The molecular formula is C21H28N2O8. The van der Waals surface area contributed by atoms with Crippen molar-refractivity contribution in [3.63, 3.8) is 0 Å². The van der Waals surface area contributed by atoms with Crippen molar-refractivity contribution < 1.29 is 38.1 Å². The Balaban J connectivity index is 2.65. The van der Waals surface area contributed by atoms with Crippen molar-refractivity contribution in [3.8, 4) is 5.75 Å². The summed E-state index contributed by atoms with van der Waals surface area (Å²) in [6.07, 6.45) is -2.38. The van der Waals surface area contributed by atoms with Gasteiger partial charge in [-0.3, -0.25) is 4.79 Å². The second-order valence-corrected chi connectivity index (χ2v) is 7.76. The molecule has 1 aliphatic rings. The van der Waals surface area contributed by atoms with Crippen LogP contribution in [0.4, 0.5) is 9.59 Å². The van der Waals surface area contributed by atoms with Gasteiger partial charge in [-0.1, -0.05) is 0 Å². The van der Waals surface area contributed by atoms with Crippen LogP contribution in [-0.2, 0) is 25.4 Å². The number of methoxy groups -OCH3 is 1. The van der Waals surface area contributed by atoms with Crippen LogP contribution in [0.2, 0.25) is 0 Å². The normalized spacial score (nSPS) is 17.4. The molecule has 10 heteroatoms. The fourth-order valence-corrected chi connectivity index (χ4v) is 3.18. The minimum Gasteiger partial charge on any atom is -0.497 e. The van der Waals surface area contributed by atoms with Gasteiger partial charge in [-0.05, 0) is 58.4 Å². The highest BCUT2D eigenvalue weighted by Crippen LogP contribution is 2.38. The van der Waals surface area contributed by atoms with Crippen LogP contribution in [0.3, 0.4) is 0 Å². The molecule has 0 aromatic heterocycles. The van der Waals surface area contributed by atoms with Gasteiger partial charge < -0.3 is 18.9 Å². The molecule has 0 heterocycles. The highest BCUT2D eigenvalue weighted by Gasteiger charge is 2.61.